The van der Waals surface area contributed by atoms with E-state index in [9.17, 15) is 5.11 Å². The van der Waals surface area contributed by atoms with Crippen LogP contribution < -0.4 is 0 Å². The van der Waals surface area contributed by atoms with Gasteiger partial charge in [0.1, 0.15) is 12.4 Å². The quantitative estimate of drug-likeness (QED) is 0.780. The molecule has 1 saturated heterocycles. The molecule has 0 spiro atoms. The average Bonchev–Trinajstić information content (AvgIpc) is 3.12. The third-order valence-corrected chi connectivity index (χ3v) is 4.64. The van der Waals surface area contributed by atoms with Crippen molar-refractivity contribution in [3.8, 4) is 0 Å². The van der Waals surface area contributed by atoms with Gasteiger partial charge < -0.3 is 14.3 Å². The van der Waals surface area contributed by atoms with Crippen LogP contribution in [-0.2, 0) is 17.9 Å². The molecule has 1 fully saturated rings. The van der Waals surface area contributed by atoms with Gasteiger partial charge in [0.2, 0.25) is 0 Å². The lowest BCUT2D eigenvalue weighted by molar-refractivity contribution is -0.00307. The number of piperazine rings is 1. The fourth-order valence-corrected chi connectivity index (χ4v) is 3.14. The van der Waals surface area contributed by atoms with Crippen molar-refractivity contribution < 1.29 is 14.3 Å². The molecular weight excluding hydrogens is 340 g/mol. The number of ether oxygens (including phenoxy) is 1. The van der Waals surface area contributed by atoms with Crippen molar-refractivity contribution in [2.45, 2.75) is 19.3 Å². The molecule has 1 aromatic carbocycles. The highest BCUT2D eigenvalue weighted by Crippen LogP contribution is 2.13. The summed E-state index contributed by atoms with van der Waals surface area (Å²) >= 11 is 5.93. The highest BCUT2D eigenvalue weighted by molar-refractivity contribution is 6.30. The zero-order chi connectivity index (χ0) is 17.5. The molecule has 1 unspecified atom stereocenters. The lowest BCUT2D eigenvalue weighted by atomic mass is 10.2. The van der Waals surface area contributed by atoms with Crippen LogP contribution in [0.4, 0.5) is 0 Å². The predicted molar refractivity (Wildman–Crippen MR) is 97.5 cm³/mol. The Kier molecular flexibility index (Phi) is 6.90. The van der Waals surface area contributed by atoms with E-state index in [4.69, 9.17) is 20.8 Å². The fourth-order valence-electron chi connectivity index (χ4n) is 3.02. The number of furan rings is 1. The summed E-state index contributed by atoms with van der Waals surface area (Å²) in [7, 11) is 0. The van der Waals surface area contributed by atoms with Gasteiger partial charge in [0.25, 0.3) is 0 Å². The predicted octanol–water partition coefficient (Wildman–Crippen LogP) is 2.63. The second-order valence-electron chi connectivity index (χ2n) is 6.45. The molecule has 0 radical (unpaired) electrons. The molecule has 0 bridgehead atoms. The number of aliphatic hydroxyl groups excluding tert-OH is 1. The minimum Gasteiger partial charge on any atom is -0.467 e. The van der Waals surface area contributed by atoms with Gasteiger partial charge in [-0.3, -0.25) is 9.80 Å². The Morgan fingerprint density at radius 1 is 1.08 bits per heavy atom. The van der Waals surface area contributed by atoms with Gasteiger partial charge in [-0.25, -0.2) is 0 Å². The van der Waals surface area contributed by atoms with Crippen LogP contribution in [0.25, 0.3) is 0 Å². The van der Waals surface area contributed by atoms with Gasteiger partial charge in [-0.15, -0.1) is 0 Å². The van der Waals surface area contributed by atoms with Crippen LogP contribution in [0, 0.1) is 0 Å². The lowest BCUT2D eigenvalue weighted by Crippen LogP contribution is -2.48. The normalized spacial score (nSPS) is 17.7. The number of nitrogens with zero attached hydrogens (tertiary/aromatic N) is 2. The molecular formula is C19H25ClN2O3. The van der Waals surface area contributed by atoms with Crippen molar-refractivity contribution in [1.29, 1.82) is 0 Å². The molecule has 1 N–H and O–H groups in total. The average molecular weight is 365 g/mol. The van der Waals surface area contributed by atoms with E-state index >= 15 is 0 Å². The SMILES string of the molecule is OC(COCc1ccco1)CN1CCN(Cc2ccc(Cl)cc2)CC1. The van der Waals surface area contributed by atoms with Crippen molar-refractivity contribution >= 4 is 11.6 Å². The Morgan fingerprint density at radius 2 is 1.80 bits per heavy atom. The summed E-state index contributed by atoms with van der Waals surface area (Å²) in [6, 6.07) is 11.7. The minimum atomic E-state index is -0.474. The van der Waals surface area contributed by atoms with E-state index in [1.807, 2.05) is 24.3 Å². The second kappa shape index (κ2) is 9.36. The zero-order valence-corrected chi connectivity index (χ0v) is 15.1. The molecule has 6 heteroatoms. The number of β-amino-alcohol motifs (C(OH)–C–C–N with tert-alkyl or cyclic N) is 1. The van der Waals surface area contributed by atoms with E-state index in [0.717, 1.165) is 43.5 Å². The summed E-state index contributed by atoms with van der Waals surface area (Å²) in [5.41, 5.74) is 1.28. The molecule has 1 aliphatic rings. The van der Waals surface area contributed by atoms with Gasteiger partial charge in [-0.1, -0.05) is 23.7 Å². The standard InChI is InChI=1S/C19H25ClN2O3/c20-17-5-3-16(4-6-17)12-21-7-9-22(10-8-21)13-18(23)14-24-15-19-2-1-11-25-19/h1-6,11,18,23H,7-10,12-15H2. The van der Waals surface area contributed by atoms with Gasteiger partial charge >= 0.3 is 0 Å². The van der Waals surface area contributed by atoms with Gasteiger partial charge in [-0.2, -0.15) is 0 Å². The summed E-state index contributed by atoms with van der Waals surface area (Å²) in [5, 5.41) is 10.9. The Balaban J connectivity index is 1.32. The molecule has 5 nitrogen and oxygen atoms in total. The van der Waals surface area contributed by atoms with Gasteiger partial charge in [0.15, 0.2) is 0 Å². The Hall–Kier alpha value is -1.37. The van der Waals surface area contributed by atoms with Gasteiger partial charge in [0, 0.05) is 44.3 Å². The highest BCUT2D eigenvalue weighted by atomic mass is 35.5. The molecule has 0 saturated carbocycles. The number of hydrogen-bond acceptors (Lipinski definition) is 5. The number of aliphatic hydroxyl groups is 1. The summed E-state index contributed by atoms with van der Waals surface area (Å²) in [4.78, 5) is 4.72. The van der Waals surface area contributed by atoms with E-state index in [1.54, 1.807) is 6.26 Å². The number of rotatable bonds is 8. The number of hydrogen-bond donors (Lipinski definition) is 1. The van der Waals surface area contributed by atoms with Crippen LogP contribution >= 0.6 is 11.6 Å². The minimum absolute atomic E-state index is 0.325. The maximum Gasteiger partial charge on any atom is 0.129 e. The zero-order valence-electron chi connectivity index (χ0n) is 14.3. The van der Waals surface area contributed by atoms with E-state index in [2.05, 4.69) is 21.9 Å². The molecule has 1 aliphatic heterocycles. The van der Waals surface area contributed by atoms with Crippen molar-refractivity contribution in [2.24, 2.45) is 0 Å². The molecule has 25 heavy (non-hydrogen) atoms. The second-order valence-corrected chi connectivity index (χ2v) is 6.89. The van der Waals surface area contributed by atoms with Crippen molar-refractivity contribution in [3.05, 3.63) is 59.0 Å². The van der Waals surface area contributed by atoms with E-state index in [-0.39, 0.29) is 0 Å². The molecule has 2 heterocycles. The number of halogens is 1. The molecule has 0 aliphatic carbocycles. The van der Waals surface area contributed by atoms with Crippen molar-refractivity contribution in [1.82, 2.24) is 9.80 Å². The molecule has 3 rings (SSSR count). The van der Waals surface area contributed by atoms with Crippen LogP contribution in [-0.4, -0.2) is 60.3 Å². The summed E-state index contributed by atoms with van der Waals surface area (Å²) < 4.78 is 10.7. The first-order valence-corrected chi connectivity index (χ1v) is 9.04. The van der Waals surface area contributed by atoms with Crippen LogP contribution in [0.1, 0.15) is 11.3 Å². The summed E-state index contributed by atoms with van der Waals surface area (Å²) in [6.07, 6.45) is 1.15. The monoisotopic (exact) mass is 364 g/mol. The van der Waals surface area contributed by atoms with Crippen LogP contribution in [0.5, 0.6) is 0 Å². The first kappa shape index (κ1) is 18.4. The third-order valence-electron chi connectivity index (χ3n) is 4.39. The maximum atomic E-state index is 10.1. The fraction of sp³-hybridized carbons (Fsp3) is 0.474. The highest BCUT2D eigenvalue weighted by Gasteiger charge is 2.19. The summed E-state index contributed by atoms with van der Waals surface area (Å²) in [6.45, 7) is 6.24. The molecule has 136 valence electrons. The van der Waals surface area contributed by atoms with E-state index < -0.39 is 6.10 Å². The first-order valence-electron chi connectivity index (χ1n) is 8.66. The Labute approximate surface area is 153 Å². The van der Waals surface area contributed by atoms with E-state index in [1.165, 1.54) is 5.56 Å². The van der Waals surface area contributed by atoms with Gasteiger partial charge in [0.05, 0.1) is 19.0 Å². The molecule has 2 aromatic rings. The summed E-state index contributed by atoms with van der Waals surface area (Å²) in [5.74, 6) is 0.781. The van der Waals surface area contributed by atoms with Crippen molar-refractivity contribution in [3.63, 3.8) is 0 Å². The van der Waals surface area contributed by atoms with Crippen LogP contribution in [0.3, 0.4) is 0 Å². The molecule has 1 atom stereocenters. The van der Waals surface area contributed by atoms with Crippen LogP contribution in [0.15, 0.2) is 47.1 Å². The van der Waals surface area contributed by atoms with Gasteiger partial charge in [-0.05, 0) is 29.8 Å². The maximum absolute atomic E-state index is 10.1. The topological polar surface area (TPSA) is 49.1 Å². The number of benzene rings is 1. The smallest absolute Gasteiger partial charge is 0.129 e. The first-order chi connectivity index (χ1) is 12.2. The Bertz CT molecular complexity index is 610. The van der Waals surface area contributed by atoms with Crippen LogP contribution in [0.2, 0.25) is 5.02 Å². The van der Waals surface area contributed by atoms with E-state index in [0.29, 0.717) is 19.8 Å². The van der Waals surface area contributed by atoms with Crippen molar-refractivity contribution in [2.75, 3.05) is 39.3 Å². The molecule has 0 amide bonds. The largest absolute Gasteiger partial charge is 0.467 e. The Morgan fingerprint density at radius 3 is 2.48 bits per heavy atom. The lowest BCUT2D eigenvalue weighted by Gasteiger charge is -2.35. The molecule has 1 aromatic heterocycles. The third kappa shape index (κ3) is 6.13.